The van der Waals surface area contributed by atoms with Gasteiger partial charge in [-0.15, -0.1) is 13.2 Å². The first kappa shape index (κ1) is 16.4. The minimum absolute atomic E-state index is 0.429. The Hall–Kier alpha value is -1.65. The summed E-state index contributed by atoms with van der Waals surface area (Å²) in [5, 5.41) is 1.16. The van der Waals surface area contributed by atoms with E-state index in [1.54, 1.807) is 12.1 Å². The molecule has 20 heavy (non-hydrogen) atoms. The normalized spacial score (nSPS) is 10.9. The zero-order valence-electron chi connectivity index (χ0n) is 12.2. The van der Waals surface area contributed by atoms with Crippen LogP contribution in [0.2, 0.25) is 6.55 Å². The molecular weight excluding hydrogens is 268 g/mol. The molecule has 108 valence electrons. The molecule has 0 aliphatic rings. The van der Waals surface area contributed by atoms with Crippen molar-refractivity contribution in [2.75, 3.05) is 6.61 Å². The molecule has 0 saturated carbocycles. The lowest BCUT2D eigenvalue weighted by Crippen LogP contribution is -2.40. The quantitative estimate of drug-likeness (QED) is 0.319. The van der Waals surface area contributed by atoms with Crippen molar-refractivity contribution in [3.8, 4) is 0 Å². The SMILES string of the molecule is C=C[Si](C)(C=C)c1ccc(C(=O)OOCCCC)cc1. The third-order valence-electron chi connectivity index (χ3n) is 3.31. The van der Waals surface area contributed by atoms with Gasteiger partial charge in [-0.05, 0) is 18.6 Å². The van der Waals surface area contributed by atoms with Crippen molar-refractivity contribution in [2.24, 2.45) is 0 Å². The standard InChI is InChI=1S/C16H22O3Si/c1-5-8-13-18-19-16(17)14-9-11-15(12-10-14)20(4,6-2)7-3/h6-7,9-12H,2-3,5,8,13H2,1,4H3. The van der Waals surface area contributed by atoms with Gasteiger partial charge in [0.1, 0.15) is 8.07 Å². The average Bonchev–Trinajstić information content (AvgIpc) is 2.50. The van der Waals surface area contributed by atoms with Crippen LogP contribution in [-0.2, 0) is 9.78 Å². The topological polar surface area (TPSA) is 35.5 Å². The van der Waals surface area contributed by atoms with Gasteiger partial charge < -0.3 is 0 Å². The highest BCUT2D eigenvalue weighted by Crippen LogP contribution is 2.08. The third-order valence-corrected chi connectivity index (χ3v) is 6.58. The fourth-order valence-electron chi connectivity index (χ4n) is 1.63. The molecule has 0 fully saturated rings. The summed E-state index contributed by atoms with van der Waals surface area (Å²) in [5.41, 5.74) is 4.40. The van der Waals surface area contributed by atoms with Crippen molar-refractivity contribution in [1.29, 1.82) is 0 Å². The number of carbonyl (C=O) groups is 1. The van der Waals surface area contributed by atoms with E-state index >= 15 is 0 Å². The minimum atomic E-state index is -1.82. The van der Waals surface area contributed by atoms with Crippen LogP contribution in [0.25, 0.3) is 0 Å². The molecule has 0 radical (unpaired) electrons. The fourth-order valence-corrected chi connectivity index (χ4v) is 3.15. The van der Waals surface area contributed by atoms with E-state index in [1.165, 1.54) is 0 Å². The van der Waals surface area contributed by atoms with Crippen LogP contribution in [0.3, 0.4) is 0 Å². The first-order valence-corrected chi connectivity index (χ1v) is 9.44. The highest BCUT2D eigenvalue weighted by atomic mass is 28.3. The van der Waals surface area contributed by atoms with Gasteiger partial charge in [0.25, 0.3) is 0 Å². The summed E-state index contributed by atoms with van der Waals surface area (Å²) in [4.78, 5) is 21.3. The highest BCUT2D eigenvalue weighted by Gasteiger charge is 2.22. The van der Waals surface area contributed by atoms with E-state index in [1.807, 2.05) is 30.5 Å². The maximum Gasteiger partial charge on any atom is 0.373 e. The first-order chi connectivity index (χ1) is 9.57. The van der Waals surface area contributed by atoms with E-state index in [-0.39, 0.29) is 0 Å². The van der Waals surface area contributed by atoms with Gasteiger partial charge in [0.15, 0.2) is 0 Å². The molecule has 1 aromatic carbocycles. The molecule has 0 spiro atoms. The number of benzene rings is 1. The molecule has 0 amide bonds. The van der Waals surface area contributed by atoms with Crippen LogP contribution in [-0.4, -0.2) is 20.7 Å². The predicted octanol–water partition coefficient (Wildman–Crippen LogP) is 3.31. The molecule has 0 aliphatic heterocycles. The molecule has 0 saturated heterocycles. The van der Waals surface area contributed by atoms with Crippen LogP contribution < -0.4 is 5.19 Å². The molecule has 1 rings (SSSR count). The lowest BCUT2D eigenvalue weighted by molar-refractivity contribution is -0.241. The van der Waals surface area contributed by atoms with E-state index in [0.29, 0.717) is 12.2 Å². The zero-order valence-corrected chi connectivity index (χ0v) is 13.2. The molecule has 0 unspecified atom stereocenters. The van der Waals surface area contributed by atoms with Gasteiger partial charge in [-0.3, -0.25) is 4.89 Å². The molecule has 0 bridgehead atoms. The Balaban J connectivity index is 2.69. The lowest BCUT2D eigenvalue weighted by Gasteiger charge is -2.19. The number of carbonyl (C=O) groups excluding carboxylic acids is 1. The van der Waals surface area contributed by atoms with Crippen molar-refractivity contribution in [1.82, 2.24) is 0 Å². The largest absolute Gasteiger partial charge is 0.373 e. The Morgan fingerprint density at radius 3 is 2.35 bits per heavy atom. The Kier molecular flexibility index (Phi) is 6.41. The zero-order chi connectivity index (χ0) is 15.0. The van der Waals surface area contributed by atoms with Crippen LogP contribution in [0, 0.1) is 0 Å². The number of hydrogen-bond donors (Lipinski definition) is 0. The summed E-state index contributed by atoms with van der Waals surface area (Å²) in [7, 11) is -1.82. The molecule has 4 heteroatoms. The average molecular weight is 290 g/mol. The van der Waals surface area contributed by atoms with Gasteiger partial charge in [0.05, 0.1) is 12.2 Å². The second kappa shape index (κ2) is 7.82. The summed E-state index contributed by atoms with van der Waals surface area (Å²) in [6.07, 6.45) is 1.87. The third kappa shape index (κ3) is 4.18. The highest BCUT2D eigenvalue weighted by molar-refractivity contribution is 6.98. The molecule has 0 heterocycles. The van der Waals surface area contributed by atoms with Crippen LogP contribution in [0.1, 0.15) is 30.1 Å². The Morgan fingerprint density at radius 1 is 1.25 bits per heavy atom. The second-order valence-corrected chi connectivity index (χ2v) is 8.77. The Bertz CT molecular complexity index is 457. The van der Waals surface area contributed by atoms with Crippen LogP contribution in [0.5, 0.6) is 0 Å². The van der Waals surface area contributed by atoms with Crippen molar-refractivity contribution in [2.45, 2.75) is 26.3 Å². The maximum absolute atomic E-state index is 11.7. The molecule has 0 aromatic heterocycles. The molecule has 0 N–H and O–H groups in total. The molecule has 0 aliphatic carbocycles. The van der Waals surface area contributed by atoms with Crippen LogP contribution >= 0.6 is 0 Å². The summed E-state index contributed by atoms with van der Waals surface area (Å²) < 4.78 is 0. The van der Waals surface area contributed by atoms with Crippen LogP contribution in [0.15, 0.2) is 48.8 Å². The van der Waals surface area contributed by atoms with E-state index in [9.17, 15) is 4.79 Å². The minimum Gasteiger partial charge on any atom is -0.293 e. The monoisotopic (exact) mass is 290 g/mol. The predicted molar refractivity (Wildman–Crippen MR) is 84.4 cm³/mol. The number of unbranched alkanes of at least 4 members (excludes halogenated alkanes) is 1. The summed E-state index contributed by atoms with van der Waals surface area (Å²) in [5.74, 6) is -0.465. The van der Waals surface area contributed by atoms with Crippen molar-refractivity contribution in [3.05, 3.63) is 54.4 Å². The summed E-state index contributed by atoms with van der Waals surface area (Å²) >= 11 is 0. The molecular formula is C16H22O3Si. The summed E-state index contributed by atoms with van der Waals surface area (Å²) in [6.45, 7) is 12.4. The van der Waals surface area contributed by atoms with E-state index in [0.717, 1.165) is 18.0 Å². The Labute approximate surface area is 121 Å². The van der Waals surface area contributed by atoms with Crippen molar-refractivity contribution in [3.63, 3.8) is 0 Å². The fraction of sp³-hybridized carbons (Fsp3) is 0.312. The lowest BCUT2D eigenvalue weighted by atomic mass is 10.2. The molecule has 1 aromatic rings. The van der Waals surface area contributed by atoms with Gasteiger partial charge in [-0.1, -0.05) is 48.6 Å². The number of rotatable bonds is 8. The van der Waals surface area contributed by atoms with E-state index in [2.05, 4.69) is 19.7 Å². The van der Waals surface area contributed by atoms with Gasteiger partial charge in [0.2, 0.25) is 0 Å². The van der Waals surface area contributed by atoms with Gasteiger partial charge in [0, 0.05) is 0 Å². The first-order valence-electron chi connectivity index (χ1n) is 6.79. The number of hydrogen-bond acceptors (Lipinski definition) is 3. The van der Waals surface area contributed by atoms with Gasteiger partial charge in [-0.2, -0.15) is 4.89 Å². The summed E-state index contributed by atoms with van der Waals surface area (Å²) in [6, 6.07) is 7.36. The van der Waals surface area contributed by atoms with E-state index in [4.69, 9.17) is 9.78 Å². The molecule has 3 nitrogen and oxygen atoms in total. The maximum atomic E-state index is 11.7. The Morgan fingerprint density at radius 2 is 1.85 bits per heavy atom. The second-order valence-electron chi connectivity index (χ2n) is 4.81. The van der Waals surface area contributed by atoms with Crippen molar-refractivity contribution >= 4 is 19.2 Å². The molecule has 0 atom stereocenters. The van der Waals surface area contributed by atoms with Gasteiger partial charge in [-0.25, -0.2) is 4.79 Å². The van der Waals surface area contributed by atoms with Gasteiger partial charge >= 0.3 is 5.97 Å². The van der Waals surface area contributed by atoms with Crippen molar-refractivity contribution < 1.29 is 14.6 Å². The smallest absolute Gasteiger partial charge is 0.293 e. The van der Waals surface area contributed by atoms with Crippen LogP contribution in [0.4, 0.5) is 0 Å². The van der Waals surface area contributed by atoms with E-state index < -0.39 is 14.0 Å².